The second-order valence-electron chi connectivity index (χ2n) is 5.94. The Bertz CT molecular complexity index is 224. The van der Waals surface area contributed by atoms with E-state index in [0.717, 1.165) is 30.8 Å². The molecule has 0 spiro atoms. The van der Waals surface area contributed by atoms with Gasteiger partial charge in [0.2, 0.25) is 0 Å². The predicted octanol–water partition coefficient (Wildman–Crippen LogP) is 2.64. The summed E-state index contributed by atoms with van der Waals surface area (Å²) >= 11 is 1.93. The molecule has 1 unspecified atom stereocenters. The van der Waals surface area contributed by atoms with Crippen molar-refractivity contribution in [3.63, 3.8) is 0 Å². The zero-order chi connectivity index (χ0) is 12.4. The molecule has 0 aromatic heterocycles. The third-order valence-corrected chi connectivity index (χ3v) is 4.95. The first kappa shape index (κ1) is 14.3. The molecule has 3 N–H and O–H groups in total. The van der Waals surface area contributed by atoms with E-state index in [2.05, 4.69) is 27.7 Å². The molecule has 16 heavy (non-hydrogen) atoms. The first-order chi connectivity index (χ1) is 7.32. The largest absolute Gasteiger partial charge is 0.388 e. The van der Waals surface area contributed by atoms with Crippen molar-refractivity contribution in [3.05, 3.63) is 0 Å². The van der Waals surface area contributed by atoms with Gasteiger partial charge in [-0.3, -0.25) is 0 Å². The van der Waals surface area contributed by atoms with Crippen molar-refractivity contribution in [2.75, 3.05) is 11.5 Å². The van der Waals surface area contributed by atoms with Gasteiger partial charge in [-0.25, -0.2) is 0 Å². The summed E-state index contributed by atoms with van der Waals surface area (Å²) in [5.41, 5.74) is 5.51. The molecule has 0 amide bonds. The van der Waals surface area contributed by atoms with Crippen LogP contribution in [0.3, 0.4) is 0 Å². The Morgan fingerprint density at radius 3 is 2.12 bits per heavy atom. The fourth-order valence-corrected chi connectivity index (χ4v) is 3.98. The molecule has 0 aliphatic carbocycles. The molecule has 1 aliphatic rings. The summed E-state index contributed by atoms with van der Waals surface area (Å²) in [6, 6.07) is 0. The first-order valence-corrected chi connectivity index (χ1v) is 7.56. The summed E-state index contributed by atoms with van der Waals surface area (Å²) < 4.78 is 0. The molecule has 3 heteroatoms. The van der Waals surface area contributed by atoms with Gasteiger partial charge in [-0.1, -0.05) is 27.7 Å². The van der Waals surface area contributed by atoms with Gasteiger partial charge in [-0.15, -0.1) is 0 Å². The molecule has 1 saturated heterocycles. The van der Waals surface area contributed by atoms with E-state index in [9.17, 15) is 5.11 Å². The minimum atomic E-state index is -0.656. The third kappa shape index (κ3) is 2.74. The van der Waals surface area contributed by atoms with Crippen molar-refractivity contribution in [2.24, 2.45) is 17.6 Å². The van der Waals surface area contributed by atoms with Crippen LogP contribution < -0.4 is 5.73 Å². The van der Waals surface area contributed by atoms with Gasteiger partial charge in [-0.05, 0) is 42.6 Å². The number of rotatable bonds is 4. The monoisotopic (exact) mass is 245 g/mol. The standard InChI is InChI=1S/C13H27NOS/c1-10(2)9-13(14,11(3)4)12(15)5-7-16-8-6-12/h10-11,15H,5-9,14H2,1-4H3. The molecule has 2 nitrogen and oxygen atoms in total. The highest BCUT2D eigenvalue weighted by Crippen LogP contribution is 2.41. The Morgan fingerprint density at radius 1 is 1.25 bits per heavy atom. The number of aliphatic hydroxyl groups is 1. The van der Waals surface area contributed by atoms with Gasteiger partial charge in [0.05, 0.1) is 5.60 Å². The molecule has 1 rings (SSSR count). The lowest BCUT2D eigenvalue weighted by Gasteiger charge is -2.50. The van der Waals surface area contributed by atoms with Gasteiger partial charge >= 0.3 is 0 Å². The summed E-state index contributed by atoms with van der Waals surface area (Å²) in [5.74, 6) is 2.94. The molecule has 1 heterocycles. The van der Waals surface area contributed by atoms with Crippen molar-refractivity contribution in [1.29, 1.82) is 0 Å². The van der Waals surface area contributed by atoms with Gasteiger partial charge in [0.25, 0.3) is 0 Å². The van der Waals surface area contributed by atoms with Crippen LogP contribution in [0.1, 0.15) is 47.0 Å². The predicted molar refractivity (Wildman–Crippen MR) is 72.7 cm³/mol. The quantitative estimate of drug-likeness (QED) is 0.800. The van der Waals surface area contributed by atoms with E-state index < -0.39 is 11.1 Å². The molecule has 0 aromatic rings. The van der Waals surface area contributed by atoms with Crippen LogP contribution in [0.5, 0.6) is 0 Å². The van der Waals surface area contributed by atoms with E-state index in [0.29, 0.717) is 11.8 Å². The van der Waals surface area contributed by atoms with E-state index in [1.54, 1.807) is 0 Å². The van der Waals surface area contributed by atoms with Crippen LogP contribution >= 0.6 is 11.8 Å². The van der Waals surface area contributed by atoms with Gasteiger partial charge < -0.3 is 10.8 Å². The van der Waals surface area contributed by atoms with Crippen LogP contribution in [-0.4, -0.2) is 27.8 Å². The Labute approximate surface area is 104 Å². The summed E-state index contributed by atoms with van der Waals surface area (Å²) in [6.07, 6.45) is 2.60. The Balaban J connectivity index is 2.90. The van der Waals surface area contributed by atoms with Gasteiger partial charge in [0, 0.05) is 5.54 Å². The molecule has 1 fully saturated rings. The van der Waals surface area contributed by atoms with Crippen LogP contribution in [0.15, 0.2) is 0 Å². The molecular weight excluding hydrogens is 218 g/mol. The van der Waals surface area contributed by atoms with E-state index in [4.69, 9.17) is 5.73 Å². The van der Waals surface area contributed by atoms with E-state index in [-0.39, 0.29) is 0 Å². The van der Waals surface area contributed by atoms with Crippen LogP contribution in [0.2, 0.25) is 0 Å². The molecule has 0 bridgehead atoms. The summed E-state index contributed by atoms with van der Waals surface area (Å²) in [6.45, 7) is 8.65. The Hall–Kier alpha value is 0.270. The maximum atomic E-state index is 10.9. The van der Waals surface area contributed by atoms with E-state index in [1.165, 1.54) is 0 Å². The minimum Gasteiger partial charge on any atom is -0.388 e. The topological polar surface area (TPSA) is 46.2 Å². The SMILES string of the molecule is CC(C)CC(N)(C(C)C)C1(O)CCSCC1. The maximum absolute atomic E-state index is 10.9. The second-order valence-corrected chi connectivity index (χ2v) is 7.16. The second kappa shape index (κ2) is 5.28. The van der Waals surface area contributed by atoms with E-state index >= 15 is 0 Å². The van der Waals surface area contributed by atoms with Crippen LogP contribution in [0, 0.1) is 11.8 Å². The highest BCUT2D eigenvalue weighted by atomic mass is 32.2. The number of nitrogens with two attached hydrogens (primary N) is 1. The number of hydrogen-bond donors (Lipinski definition) is 2. The Morgan fingerprint density at radius 2 is 1.75 bits per heavy atom. The van der Waals surface area contributed by atoms with Crippen molar-refractivity contribution in [3.8, 4) is 0 Å². The minimum absolute atomic E-state index is 0.322. The van der Waals surface area contributed by atoms with Crippen molar-refractivity contribution in [1.82, 2.24) is 0 Å². The highest BCUT2D eigenvalue weighted by molar-refractivity contribution is 7.99. The molecular formula is C13H27NOS. The van der Waals surface area contributed by atoms with E-state index in [1.807, 2.05) is 11.8 Å². The molecule has 0 saturated carbocycles. The van der Waals surface area contributed by atoms with Gasteiger partial charge in [0.1, 0.15) is 0 Å². The number of hydrogen-bond acceptors (Lipinski definition) is 3. The van der Waals surface area contributed by atoms with Gasteiger partial charge in [-0.2, -0.15) is 11.8 Å². The van der Waals surface area contributed by atoms with Crippen molar-refractivity contribution >= 4 is 11.8 Å². The van der Waals surface area contributed by atoms with Crippen molar-refractivity contribution < 1.29 is 5.11 Å². The molecule has 0 radical (unpaired) electrons. The molecule has 1 aliphatic heterocycles. The lowest BCUT2D eigenvalue weighted by atomic mass is 9.66. The fourth-order valence-electron chi connectivity index (χ4n) is 2.81. The summed E-state index contributed by atoms with van der Waals surface area (Å²) in [4.78, 5) is 0. The smallest absolute Gasteiger partial charge is 0.0844 e. The molecule has 96 valence electrons. The lowest BCUT2D eigenvalue weighted by molar-refractivity contribution is -0.0709. The average molecular weight is 245 g/mol. The van der Waals surface area contributed by atoms with Crippen molar-refractivity contribution in [2.45, 2.75) is 58.1 Å². The zero-order valence-electron chi connectivity index (χ0n) is 11.1. The van der Waals surface area contributed by atoms with Crippen LogP contribution in [0.4, 0.5) is 0 Å². The highest BCUT2D eigenvalue weighted by Gasteiger charge is 2.49. The maximum Gasteiger partial charge on any atom is 0.0844 e. The summed E-state index contributed by atoms with van der Waals surface area (Å²) in [7, 11) is 0. The number of thioether (sulfide) groups is 1. The lowest BCUT2D eigenvalue weighted by Crippen LogP contribution is -2.65. The third-order valence-electron chi connectivity index (χ3n) is 3.96. The van der Waals surface area contributed by atoms with Crippen LogP contribution in [-0.2, 0) is 0 Å². The normalized spacial score (nSPS) is 24.8. The fraction of sp³-hybridized carbons (Fsp3) is 1.00. The Kier molecular flexibility index (Phi) is 4.73. The molecule has 1 atom stereocenters. The summed E-state index contributed by atoms with van der Waals surface area (Å²) in [5, 5.41) is 10.9. The molecule has 0 aromatic carbocycles. The van der Waals surface area contributed by atoms with Crippen LogP contribution in [0.25, 0.3) is 0 Å². The average Bonchev–Trinajstić information content (AvgIpc) is 2.17. The van der Waals surface area contributed by atoms with Gasteiger partial charge in [0.15, 0.2) is 0 Å². The first-order valence-electron chi connectivity index (χ1n) is 6.41. The zero-order valence-corrected chi connectivity index (χ0v) is 11.9.